The molecule has 0 saturated heterocycles. The Kier molecular flexibility index (Phi) is 5.52. The van der Waals surface area contributed by atoms with Crippen LogP contribution in [0, 0.1) is 5.82 Å². The monoisotopic (exact) mass is 372 g/mol. The summed E-state index contributed by atoms with van der Waals surface area (Å²) < 4.78 is 13.4. The van der Waals surface area contributed by atoms with Gasteiger partial charge in [0, 0.05) is 16.6 Å². The van der Waals surface area contributed by atoms with Gasteiger partial charge in [-0.2, -0.15) is 0 Å². The quantitative estimate of drug-likeness (QED) is 0.803. The first-order valence-electron chi connectivity index (χ1n) is 7.12. The van der Waals surface area contributed by atoms with E-state index in [-0.39, 0.29) is 24.5 Å². The molecule has 1 aromatic rings. The number of carboxylic acids is 1. The molecule has 0 unspecified atom stereocenters. The fourth-order valence-corrected chi connectivity index (χ4v) is 3.14. The molecular formula is C15H18BrFN2O3. The third-order valence-corrected chi connectivity index (χ3v) is 4.54. The van der Waals surface area contributed by atoms with Crippen LogP contribution in [-0.2, 0) is 4.79 Å². The molecule has 1 fully saturated rings. The summed E-state index contributed by atoms with van der Waals surface area (Å²) in [5.74, 6) is -1.50. The minimum atomic E-state index is -0.843. The number of hydrogen-bond acceptors (Lipinski definition) is 3. The van der Waals surface area contributed by atoms with E-state index in [1.807, 2.05) is 11.8 Å². The van der Waals surface area contributed by atoms with Crippen molar-refractivity contribution >= 4 is 27.8 Å². The SMILES string of the molecule is CCN(CC(=O)O)C1CC(NC(=O)c2ccc(F)cc2Br)C1. The Hall–Kier alpha value is -1.47. The van der Waals surface area contributed by atoms with Crippen LogP contribution in [0.4, 0.5) is 4.39 Å². The molecule has 0 atom stereocenters. The van der Waals surface area contributed by atoms with Gasteiger partial charge in [-0.3, -0.25) is 14.5 Å². The van der Waals surface area contributed by atoms with Crippen LogP contribution < -0.4 is 5.32 Å². The fraction of sp³-hybridized carbons (Fsp3) is 0.467. The number of likely N-dealkylation sites (N-methyl/N-ethyl adjacent to an activating group) is 1. The third kappa shape index (κ3) is 4.04. The molecule has 2 N–H and O–H groups in total. The summed E-state index contributed by atoms with van der Waals surface area (Å²) in [5, 5.41) is 11.7. The van der Waals surface area contributed by atoms with Gasteiger partial charge >= 0.3 is 5.97 Å². The fourth-order valence-electron chi connectivity index (χ4n) is 2.61. The number of nitrogens with one attached hydrogen (secondary N) is 1. The van der Waals surface area contributed by atoms with Gasteiger partial charge in [0.25, 0.3) is 5.91 Å². The number of benzene rings is 1. The Morgan fingerprint density at radius 1 is 1.45 bits per heavy atom. The maximum atomic E-state index is 13.0. The van der Waals surface area contributed by atoms with Crippen molar-refractivity contribution in [2.24, 2.45) is 0 Å². The second-order valence-electron chi connectivity index (χ2n) is 5.38. The lowest BCUT2D eigenvalue weighted by Gasteiger charge is -2.42. The number of carbonyl (C=O) groups is 2. The predicted molar refractivity (Wildman–Crippen MR) is 83.3 cm³/mol. The van der Waals surface area contributed by atoms with Crippen molar-refractivity contribution in [2.75, 3.05) is 13.1 Å². The average Bonchev–Trinajstić information content (AvgIpc) is 2.39. The molecule has 0 radical (unpaired) electrons. The first-order valence-corrected chi connectivity index (χ1v) is 7.91. The molecule has 22 heavy (non-hydrogen) atoms. The van der Waals surface area contributed by atoms with Crippen molar-refractivity contribution in [2.45, 2.75) is 31.8 Å². The van der Waals surface area contributed by atoms with Crippen LogP contribution in [0.25, 0.3) is 0 Å². The van der Waals surface area contributed by atoms with Crippen molar-refractivity contribution in [3.8, 4) is 0 Å². The van der Waals surface area contributed by atoms with E-state index in [2.05, 4.69) is 21.2 Å². The van der Waals surface area contributed by atoms with E-state index in [0.29, 0.717) is 16.6 Å². The summed E-state index contributed by atoms with van der Waals surface area (Å²) in [6.45, 7) is 2.61. The van der Waals surface area contributed by atoms with Crippen molar-refractivity contribution in [1.29, 1.82) is 0 Å². The van der Waals surface area contributed by atoms with Gasteiger partial charge in [-0.25, -0.2) is 4.39 Å². The molecule has 1 amide bonds. The van der Waals surface area contributed by atoms with Gasteiger partial charge in [0.05, 0.1) is 12.1 Å². The van der Waals surface area contributed by atoms with Gasteiger partial charge in [0.15, 0.2) is 0 Å². The molecule has 1 aliphatic carbocycles. The van der Waals surface area contributed by atoms with Crippen LogP contribution >= 0.6 is 15.9 Å². The highest BCUT2D eigenvalue weighted by atomic mass is 79.9. The number of carboxylic acid groups (broad SMARTS) is 1. The molecule has 7 heteroatoms. The van der Waals surface area contributed by atoms with Crippen molar-refractivity contribution in [3.63, 3.8) is 0 Å². The van der Waals surface area contributed by atoms with E-state index in [1.165, 1.54) is 18.2 Å². The lowest BCUT2D eigenvalue weighted by molar-refractivity contribution is -0.139. The number of halogens is 2. The molecule has 0 spiro atoms. The van der Waals surface area contributed by atoms with E-state index in [0.717, 1.165) is 12.8 Å². The predicted octanol–water partition coefficient (Wildman–Crippen LogP) is 2.26. The van der Waals surface area contributed by atoms with Crippen LogP contribution in [0.5, 0.6) is 0 Å². The molecule has 5 nitrogen and oxygen atoms in total. The number of amides is 1. The molecule has 0 aromatic heterocycles. The number of aliphatic carboxylic acids is 1. The molecule has 0 heterocycles. The largest absolute Gasteiger partial charge is 0.480 e. The molecular weight excluding hydrogens is 355 g/mol. The first kappa shape index (κ1) is 16.9. The number of hydrogen-bond donors (Lipinski definition) is 2. The number of nitrogens with zero attached hydrogens (tertiary/aromatic N) is 1. The van der Waals surface area contributed by atoms with E-state index in [9.17, 15) is 14.0 Å². The molecule has 1 aromatic carbocycles. The summed E-state index contributed by atoms with van der Waals surface area (Å²) in [7, 11) is 0. The molecule has 0 bridgehead atoms. The van der Waals surface area contributed by atoms with E-state index >= 15 is 0 Å². The summed E-state index contributed by atoms with van der Waals surface area (Å²) in [6, 6.07) is 4.15. The Morgan fingerprint density at radius 2 is 2.14 bits per heavy atom. The minimum absolute atomic E-state index is 0.0192. The van der Waals surface area contributed by atoms with Gasteiger partial charge in [0.1, 0.15) is 5.82 Å². The van der Waals surface area contributed by atoms with Crippen LogP contribution in [0.2, 0.25) is 0 Å². The van der Waals surface area contributed by atoms with Gasteiger partial charge < -0.3 is 10.4 Å². The highest BCUT2D eigenvalue weighted by molar-refractivity contribution is 9.10. The third-order valence-electron chi connectivity index (χ3n) is 3.89. The van der Waals surface area contributed by atoms with E-state index in [4.69, 9.17) is 5.11 Å². The van der Waals surface area contributed by atoms with E-state index < -0.39 is 11.8 Å². The number of rotatable bonds is 6. The topological polar surface area (TPSA) is 69.6 Å². The standard InChI is InChI=1S/C15H18BrFN2O3/c1-2-19(8-14(20)21)11-6-10(7-11)18-15(22)12-4-3-9(17)5-13(12)16/h3-5,10-11H,2,6-8H2,1H3,(H,18,22)(H,20,21). The zero-order valence-electron chi connectivity index (χ0n) is 12.2. The van der Waals surface area contributed by atoms with Gasteiger partial charge in [-0.15, -0.1) is 0 Å². The Morgan fingerprint density at radius 3 is 2.68 bits per heavy atom. The molecule has 1 aliphatic rings. The first-order chi connectivity index (χ1) is 10.4. The zero-order valence-corrected chi connectivity index (χ0v) is 13.8. The highest BCUT2D eigenvalue weighted by Gasteiger charge is 2.34. The Balaban J connectivity index is 1.86. The van der Waals surface area contributed by atoms with Crippen LogP contribution in [0.3, 0.4) is 0 Å². The van der Waals surface area contributed by atoms with Gasteiger partial charge in [0.2, 0.25) is 0 Å². The molecule has 1 saturated carbocycles. The Bertz CT molecular complexity index is 576. The lowest BCUT2D eigenvalue weighted by atomic mass is 9.85. The summed E-state index contributed by atoms with van der Waals surface area (Å²) in [4.78, 5) is 24.8. The van der Waals surface area contributed by atoms with Gasteiger partial charge in [-0.05, 0) is 53.5 Å². The summed E-state index contributed by atoms with van der Waals surface area (Å²) >= 11 is 3.18. The average molecular weight is 373 g/mol. The zero-order chi connectivity index (χ0) is 16.3. The van der Waals surface area contributed by atoms with Crippen LogP contribution in [0.1, 0.15) is 30.1 Å². The van der Waals surface area contributed by atoms with Crippen molar-refractivity contribution in [1.82, 2.24) is 10.2 Å². The van der Waals surface area contributed by atoms with Crippen LogP contribution in [-0.4, -0.2) is 47.1 Å². The molecule has 2 rings (SSSR count). The summed E-state index contributed by atoms with van der Waals surface area (Å²) in [6.07, 6.45) is 1.46. The smallest absolute Gasteiger partial charge is 0.317 e. The Labute approximate surface area is 136 Å². The van der Waals surface area contributed by atoms with Crippen molar-refractivity contribution in [3.05, 3.63) is 34.1 Å². The molecule has 0 aliphatic heterocycles. The maximum Gasteiger partial charge on any atom is 0.317 e. The lowest BCUT2D eigenvalue weighted by Crippen LogP contribution is -2.54. The van der Waals surface area contributed by atoms with E-state index in [1.54, 1.807) is 0 Å². The van der Waals surface area contributed by atoms with Gasteiger partial charge in [-0.1, -0.05) is 6.92 Å². The maximum absolute atomic E-state index is 13.0. The number of carbonyl (C=O) groups excluding carboxylic acids is 1. The normalized spacial score (nSPS) is 20.5. The second kappa shape index (κ2) is 7.19. The van der Waals surface area contributed by atoms with Crippen molar-refractivity contribution < 1.29 is 19.1 Å². The molecule has 120 valence electrons. The second-order valence-corrected chi connectivity index (χ2v) is 6.23. The highest BCUT2D eigenvalue weighted by Crippen LogP contribution is 2.26. The summed E-state index contributed by atoms with van der Waals surface area (Å²) in [5.41, 5.74) is 0.391. The van der Waals surface area contributed by atoms with Crippen LogP contribution in [0.15, 0.2) is 22.7 Å². The minimum Gasteiger partial charge on any atom is -0.480 e.